The van der Waals surface area contributed by atoms with Crippen LogP contribution < -0.4 is 5.43 Å². The number of hydrogen-bond acceptors (Lipinski definition) is 5. The van der Waals surface area contributed by atoms with Crippen molar-refractivity contribution >= 4 is 33.4 Å². The number of ether oxygens (including phenoxy) is 1. The minimum atomic E-state index is -0.656. The third-order valence-corrected chi connectivity index (χ3v) is 4.48. The maximum atomic E-state index is 13.0. The van der Waals surface area contributed by atoms with E-state index in [2.05, 4.69) is 26.5 Å². The van der Waals surface area contributed by atoms with Crippen molar-refractivity contribution in [1.29, 1.82) is 0 Å². The first kappa shape index (κ1) is 17.4. The van der Waals surface area contributed by atoms with Gasteiger partial charge in [0.1, 0.15) is 6.04 Å². The number of hydrazone groups is 1. The molecular weight excluding hydrogens is 384 g/mol. The van der Waals surface area contributed by atoms with Gasteiger partial charge in [0, 0.05) is 10.0 Å². The molecule has 5 nitrogen and oxygen atoms in total. The number of carbonyl (C=O) groups excluding carboxylic acids is 2. The smallest absolute Gasteiger partial charge is 0.355 e. The second kappa shape index (κ2) is 7.61. The van der Waals surface area contributed by atoms with Crippen LogP contribution in [0.1, 0.15) is 28.8 Å². The minimum absolute atomic E-state index is 0.127. The Hall–Kier alpha value is -2.47. The van der Waals surface area contributed by atoms with Gasteiger partial charge in [0.05, 0.1) is 12.5 Å². The molecule has 0 fully saturated rings. The first-order chi connectivity index (χ1) is 12.1. The average molecular weight is 401 g/mol. The van der Waals surface area contributed by atoms with Gasteiger partial charge < -0.3 is 4.74 Å². The van der Waals surface area contributed by atoms with Gasteiger partial charge in [-0.2, -0.15) is 5.10 Å². The summed E-state index contributed by atoms with van der Waals surface area (Å²) in [6.45, 7) is 1.99. The first-order valence-corrected chi connectivity index (χ1v) is 8.76. The van der Waals surface area contributed by atoms with Crippen molar-refractivity contribution in [1.82, 2.24) is 5.43 Å². The fraction of sp³-hybridized carbons (Fsp3) is 0.211. The summed E-state index contributed by atoms with van der Waals surface area (Å²) in [4.78, 5) is 25.3. The first-order valence-electron chi connectivity index (χ1n) is 7.96. The molecule has 0 saturated carbocycles. The van der Waals surface area contributed by atoms with Gasteiger partial charge in [-0.05, 0) is 24.6 Å². The number of carbonyl (C=O) groups is 2. The van der Waals surface area contributed by atoms with Crippen molar-refractivity contribution in [2.75, 3.05) is 6.61 Å². The Morgan fingerprint density at radius 1 is 1.16 bits per heavy atom. The molecule has 1 heterocycles. The molecule has 2 aromatic rings. The highest BCUT2D eigenvalue weighted by molar-refractivity contribution is 9.10. The lowest BCUT2D eigenvalue weighted by Gasteiger charge is -2.19. The summed E-state index contributed by atoms with van der Waals surface area (Å²) in [5, 5.41) is 4.12. The van der Waals surface area contributed by atoms with Crippen LogP contribution in [0.5, 0.6) is 0 Å². The van der Waals surface area contributed by atoms with Crippen LogP contribution in [0.15, 0.2) is 64.2 Å². The Kier molecular flexibility index (Phi) is 5.28. The molecule has 0 aromatic heterocycles. The Morgan fingerprint density at radius 2 is 1.92 bits per heavy atom. The van der Waals surface area contributed by atoms with Gasteiger partial charge >= 0.3 is 5.97 Å². The molecule has 1 aliphatic rings. The Morgan fingerprint density at radius 3 is 2.60 bits per heavy atom. The average Bonchev–Trinajstić information content (AvgIpc) is 3.07. The van der Waals surface area contributed by atoms with Crippen molar-refractivity contribution in [3.05, 3.63) is 70.2 Å². The molecule has 6 heteroatoms. The second-order valence-corrected chi connectivity index (χ2v) is 6.50. The highest BCUT2D eigenvalue weighted by atomic mass is 79.9. The normalized spacial score (nSPS) is 19.0. The minimum Gasteiger partial charge on any atom is -0.461 e. The summed E-state index contributed by atoms with van der Waals surface area (Å²) in [5.74, 6) is -1.13. The monoisotopic (exact) mass is 400 g/mol. The van der Waals surface area contributed by atoms with Gasteiger partial charge in [0.25, 0.3) is 0 Å². The van der Waals surface area contributed by atoms with Crippen molar-refractivity contribution in [2.24, 2.45) is 5.10 Å². The summed E-state index contributed by atoms with van der Waals surface area (Å²) < 4.78 is 5.92. The number of nitrogens with zero attached hydrogens (tertiary/aromatic N) is 1. The lowest BCUT2D eigenvalue weighted by atomic mass is 9.84. The van der Waals surface area contributed by atoms with Gasteiger partial charge in [0.15, 0.2) is 11.5 Å². The molecule has 0 aliphatic carbocycles. The van der Waals surface area contributed by atoms with Crippen LogP contribution in [-0.2, 0) is 9.53 Å². The van der Waals surface area contributed by atoms with E-state index in [1.165, 1.54) is 0 Å². The molecule has 2 unspecified atom stereocenters. The molecular formula is C19H17BrN2O3. The number of rotatable bonds is 5. The zero-order valence-electron chi connectivity index (χ0n) is 13.6. The molecule has 0 amide bonds. The van der Waals surface area contributed by atoms with E-state index < -0.39 is 17.9 Å². The maximum Gasteiger partial charge on any atom is 0.355 e. The van der Waals surface area contributed by atoms with Crippen molar-refractivity contribution in [3.8, 4) is 0 Å². The third-order valence-electron chi connectivity index (χ3n) is 3.99. The Labute approximate surface area is 154 Å². The molecule has 0 saturated heterocycles. The van der Waals surface area contributed by atoms with Crippen molar-refractivity contribution in [2.45, 2.75) is 18.9 Å². The predicted octanol–water partition coefficient (Wildman–Crippen LogP) is 3.31. The molecule has 3 rings (SSSR count). The molecule has 1 aliphatic heterocycles. The summed E-state index contributed by atoms with van der Waals surface area (Å²) >= 11 is 3.38. The quantitative estimate of drug-likeness (QED) is 0.617. The van der Waals surface area contributed by atoms with Gasteiger partial charge in [-0.3, -0.25) is 10.2 Å². The van der Waals surface area contributed by atoms with Crippen molar-refractivity contribution in [3.63, 3.8) is 0 Å². The molecule has 0 bridgehead atoms. The van der Waals surface area contributed by atoms with E-state index in [9.17, 15) is 9.59 Å². The third kappa shape index (κ3) is 3.64. The standard InChI is InChI=1S/C19H17BrN2O3/c1-2-25-19(24)17-15(12-7-4-3-5-8-12)16(21-22-17)18(23)13-9-6-10-14(20)11-13/h3-11,15-16,21H,2H2,1H3. The summed E-state index contributed by atoms with van der Waals surface area (Å²) in [5.41, 5.74) is 4.45. The van der Waals surface area contributed by atoms with Crippen LogP contribution in [0.25, 0.3) is 0 Å². The van der Waals surface area contributed by atoms with Crippen molar-refractivity contribution < 1.29 is 14.3 Å². The number of ketones is 1. The molecule has 25 heavy (non-hydrogen) atoms. The largest absolute Gasteiger partial charge is 0.461 e. The number of Topliss-reactive ketones (excluding diaryl/α,β-unsaturated/α-hetero) is 1. The number of esters is 1. The topological polar surface area (TPSA) is 67.8 Å². The highest BCUT2D eigenvalue weighted by Crippen LogP contribution is 2.29. The van der Waals surface area contributed by atoms with Gasteiger partial charge in [-0.1, -0.05) is 58.4 Å². The molecule has 0 spiro atoms. The Balaban J connectivity index is 1.96. The molecule has 0 radical (unpaired) electrons. The van der Waals surface area contributed by atoms with Gasteiger partial charge in [0.2, 0.25) is 0 Å². The molecule has 1 N–H and O–H groups in total. The second-order valence-electron chi connectivity index (χ2n) is 5.59. The maximum absolute atomic E-state index is 13.0. The van der Waals surface area contributed by atoms with Crippen LogP contribution in [0.4, 0.5) is 0 Å². The van der Waals surface area contributed by atoms with E-state index in [-0.39, 0.29) is 18.1 Å². The van der Waals surface area contributed by atoms with Crippen LogP contribution >= 0.6 is 15.9 Å². The van der Waals surface area contributed by atoms with Crippen LogP contribution in [0.2, 0.25) is 0 Å². The fourth-order valence-corrected chi connectivity index (χ4v) is 3.26. The SMILES string of the molecule is CCOC(=O)C1=NNC(C(=O)c2cccc(Br)c2)C1c1ccccc1. The van der Waals surface area contributed by atoms with Crippen LogP contribution in [-0.4, -0.2) is 30.1 Å². The fourth-order valence-electron chi connectivity index (χ4n) is 2.86. The lowest BCUT2D eigenvalue weighted by Crippen LogP contribution is -2.37. The lowest BCUT2D eigenvalue weighted by molar-refractivity contribution is -0.135. The number of benzene rings is 2. The predicted molar refractivity (Wildman–Crippen MR) is 98.6 cm³/mol. The van der Waals surface area contributed by atoms with E-state index in [0.717, 1.165) is 10.0 Å². The molecule has 2 atom stereocenters. The zero-order valence-corrected chi connectivity index (χ0v) is 15.2. The summed E-state index contributed by atoms with van der Waals surface area (Å²) in [7, 11) is 0. The number of halogens is 1. The number of nitrogens with one attached hydrogen (secondary N) is 1. The zero-order chi connectivity index (χ0) is 17.8. The molecule has 128 valence electrons. The van der Waals surface area contributed by atoms with E-state index in [4.69, 9.17) is 4.74 Å². The van der Waals surface area contributed by atoms with E-state index >= 15 is 0 Å². The van der Waals surface area contributed by atoms with Gasteiger partial charge in [-0.25, -0.2) is 4.79 Å². The highest BCUT2D eigenvalue weighted by Gasteiger charge is 2.41. The van der Waals surface area contributed by atoms with Crippen LogP contribution in [0, 0.1) is 0 Å². The van der Waals surface area contributed by atoms with Crippen LogP contribution in [0.3, 0.4) is 0 Å². The van der Waals surface area contributed by atoms with E-state index in [0.29, 0.717) is 5.56 Å². The van der Waals surface area contributed by atoms with Gasteiger partial charge in [-0.15, -0.1) is 0 Å². The Bertz CT molecular complexity index is 820. The summed E-state index contributed by atoms with van der Waals surface area (Å²) in [6.07, 6.45) is 0. The summed E-state index contributed by atoms with van der Waals surface area (Å²) in [6, 6.07) is 15.9. The van der Waals surface area contributed by atoms with E-state index in [1.807, 2.05) is 36.4 Å². The number of hydrogen-bond donors (Lipinski definition) is 1. The molecule has 2 aromatic carbocycles. The van der Waals surface area contributed by atoms with E-state index in [1.54, 1.807) is 25.1 Å².